The third-order valence-electron chi connectivity index (χ3n) is 4.00. The number of carbonyl (C=O) groups is 1. The van der Waals surface area contributed by atoms with Gasteiger partial charge in [-0.05, 0) is 42.3 Å². The number of alkyl halides is 3. The van der Waals surface area contributed by atoms with Crippen molar-refractivity contribution in [1.82, 2.24) is 16.0 Å². The zero-order chi connectivity index (χ0) is 22.0. The highest BCUT2D eigenvalue weighted by molar-refractivity contribution is 14.0. The molecule has 1 amide bonds. The molecule has 0 bridgehead atoms. The maximum Gasteiger partial charge on any atom is 0.422 e. The molecular formula is C21H26F3IN4O2. The molecule has 0 heterocycles. The average Bonchev–Trinajstić information content (AvgIpc) is 2.73. The molecule has 2 aromatic carbocycles. The Hall–Kier alpha value is -2.50. The van der Waals surface area contributed by atoms with Crippen LogP contribution in [-0.2, 0) is 13.1 Å². The quantitative estimate of drug-likeness (QED) is 0.265. The minimum Gasteiger partial charge on any atom is -0.484 e. The Morgan fingerprint density at radius 3 is 2.23 bits per heavy atom. The number of guanidine groups is 1. The van der Waals surface area contributed by atoms with Crippen molar-refractivity contribution >= 4 is 35.8 Å². The van der Waals surface area contributed by atoms with Crippen LogP contribution in [0.3, 0.4) is 0 Å². The number of hydrogen-bond donors (Lipinski definition) is 3. The third kappa shape index (κ3) is 9.90. The fraction of sp³-hybridized carbons (Fsp3) is 0.333. The predicted octanol–water partition coefficient (Wildman–Crippen LogP) is 3.86. The highest BCUT2D eigenvalue weighted by Gasteiger charge is 2.28. The van der Waals surface area contributed by atoms with Crippen LogP contribution in [0.4, 0.5) is 13.2 Å². The number of ether oxygens (including phenoxy) is 1. The van der Waals surface area contributed by atoms with Gasteiger partial charge in [-0.1, -0.05) is 24.3 Å². The largest absolute Gasteiger partial charge is 0.484 e. The molecule has 0 aromatic heterocycles. The van der Waals surface area contributed by atoms with Crippen molar-refractivity contribution in [2.45, 2.75) is 26.2 Å². The molecule has 0 atom stereocenters. The van der Waals surface area contributed by atoms with Gasteiger partial charge in [0.15, 0.2) is 12.6 Å². The maximum atomic E-state index is 12.2. The van der Waals surface area contributed by atoms with E-state index in [2.05, 4.69) is 20.9 Å². The van der Waals surface area contributed by atoms with Crippen LogP contribution in [0, 0.1) is 0 Å². The van der Waals surface area contributed by atoms with Gasteiger partial charge in [0, 0.05) is 32.2 Å². The molecule has 0 aliphatic rings. The lowest BCUT2D eigenvalue weighted by molar-refractivity contribution is -0.153. The fourth-order valence-corrected chi connectivity index (χ4v) is 2.55. The maximum absolute atomic E-state index is 12.2. The summed E-state index contributed by atoms with van der Waals surface area (Å²) in [7, 11) is 1.63. The summed E-state index contributed by atoms with van der Waals surface area (Å²) in [6.45, 7) is 2.01. The van der Waals surface area contributed by atoms with E-state index in [0.717, 1.165) is 11.1 Å². The van der Waals surface area contributed by atoms with E-state index >= 15 is 0 Å². The summed E-state index contributed by atoms with van der Waals surface area (Å²) < 4.78 is 41.2. The van der Waals surface area contributed by atoms with Crippen LogP contribution in [-0.4, -0.2) is 38.2 Å². The zero-order valence-electron chi connectivity index (χ0n) is 17.3. The molecule has 0 spiro atoms. The van der Waals surface area contributed by atoms with Crippen molar-refractivity contribution in [2.75, 3.05) is 20.2 Å². The predicted molar refractivity (Wildman–Crippen MR) is 125 cm³/mol. The lowest BCUT2D eigenvalue weighted by atomic mass is 10.1. The summed E-state index contributed by atoms with van der Waals surface area (Å²) >= 11 is 0. The van der Waals surface area contributed by atoms with Crippen LogP contribution >= 0.6 is 24.0 Å². The Labute approximate surface area is 196 Å². The molecular weight excluding hydrogens is 524 g/mol. The molecule has 3 N–H and O–H groups in total. The fourth-order valence-electron chi connectivity index (χ4n) is 2.55. The molecule has 0 unspecified atom stereocenters. The number of carbonyl (C=O) groups excluding carboxylic acids is 1. The first-order valence-corrected chi connectivity index (χ1v) is 9.41. The van der Waals surface area contributed by atoms with Crippen LogP contribution in [0.1, 0.15) is 28.4 Å². The number of nitrogens with one attached hydrogen (secondary N) is 3. The van der Waals surface area contributed by atoms with Gasteiger partial charge in [0.2, 0.25) is 0 Å². The third-order valence-corrected chi connectivity index (χ3v) is 4.00. The first-order valence-electron chi connectivity index (χ1n) is 9.41. The van der Waals surface area contributed by atoms with E-state index in [1.807, 2.05) is 25.1 Å². The summed E-state index contributed by atoms with van der Waals surface area (Å²) in [5.41, 5.74) is 2.37. The van der Waals surface area contributed by atoms with Crippen molar-refractivity contribution in [3.63, 3.8) is 0 Å². The minimum atomic E-state index is -4.36. The SMILES string of the molecule is CCNC(=O)c1cccc(CNC(=NC)NCc2ccc(OCC(F)(F)F)cc2)c1.I. The second-order valence-corrected chi connectivity index (χ2v) is 6.39. The van der Waals surface area contributed by atoms with E-state index in [9.17, 15) is 18.0 Å². The van der Waals surface area contributed by atoms with E-state index in [1.54, 1.807) is 25.2 Å². The van der Waals surface area contributed by atoms with Gasteiger partial charge < -0.3 is 20.7 Å². The second-order valence-electron chi connectivity index (χ2n) is 6.39. The first-order chi connectivity index (χ1) is 14.3. The topological polar surface area (TPSA) is 74.8 Å². The number of nitrogens with zero attached hydrogens (tertiary/aromatic N) is 1. The molecule has 31 heavy (non-hydrogen) atoms. The van der Waals surface area contributed by atoms with Crippen molar-refractivity contribution in [1.29, 1.82) is 0 Å². The molecule has 0 fully saturated rings. The summed E-state index contributed by atoms with van der Waals surface area (Å²) in [5, 5.41) is 9.05. The van der Waals surface area contributed by atoms with E-state index in [0.29, 0.717) is 31.2 Å². The number of hydrogen-bond acceptors (Lipinski definition) is 3. The van der Waals surface area contributed by atoms with E-state index in [-0.39, 0.29) is 35.6 Å². The van der Waals surface area contributed by atoms with Crippen LogP contribution in [0.2, 0.25) is 0 Å². The number of benzene rings is 2. The van der Waals surface area contributed by atoms with Gasteiger partial charge in [-0.25, -0.2) is 0 Å². The molecule has 2 rings (SSSR count). The Kier molecular flexibility index (Phi) is 11.2. The highest BCUT2D eigenvalue weighted by Crippen LogP contribution is 2.18. The molecule has 0 aliphatic carbocycles. The molecule has 6 nitrogen and oxygen atoms in total. The molecule has 10 heteroatoms. The molecule has 0 aliphatic heterocycles. The molecule has 0 saturated heterocycles. The van der Waals surface area contributed by atoms with Gasteiger partial charge in [-0.2, -0.15) is 13.2 Å². The number of aliphatic imine (C=N–C) groups is 1. The van der Waals surface area contributed by atoms with Gasteiger partial charge in [-0.15, -0.1) is 24.0 Å². The second kappa shape index (κ2) is 13.0. The Morgan fingerprint density at radius 2 is 1.65 bits per heavy atom. The first kappa shape index (κ1) is 26.5. The highest BCUT2D eigenvalue weighted by atomic mass is 127. The van der Waals surface area contributed by atoms with Crippen LogP contribution in [0.15, 0.2) is 53.5 Å². The number of rotatable bonds is 8. The van der Waals surface area contributed by atoms with Gasteiger partial charge in [0.05, 0.1) is 0 Å². The summed E-state index contributed by atoms with van der Waals surface area (Å²) in [5.74, 6) is 0.589. The van der Waals surface area contributed by atoms with Crippen molar-refractivity contribution in [3.8, 4) is 5.75 Å². The Balaban J connectivity index is 0.00000480. The van der Waals surface area contributed by atoms with E-state index in [1.165, 1.54) is 12.1 Å². The lowest BCUT2D eigenvalue weighted by Gasteiger charge is -2.13. The van der Waals surface area contributed by atoms with Crippen LogP contribution < -0.4 is 20.7 Å². The van der Waals surface area contributed by atoms with E-state index in [4.69, 9.17) is 4.74 Å². The lowest BCUT2D eigenvalue weighted by Crippen LogP contribution is -2.36. The molecule has 0 radical (unpaired) electrons. The normalized spacial score (nSPS) is 11.3. The van der Waals surface area contributed by atoms with Crippen molar-refractivity contribution < 1.29 is 22.7 Å². The van der Waals surface area contributed by atoms with Crippen LogP contribution in [0.25, 0.3) is 0 Å². The number of halogens is 4. The molecule has 170 valence electrons. The zero-order valence-corrected chi connectivity index (χ0v) is 19.6. The average molecular weight is 550 g/mol. The van der Waals surface area contributed by atoms with E-state index < -0.39 is 12.8 Å². The summed E-state index contributed by atoms with van der Waals surface area (Å²) in [6.07, 6.45) is -4.36. The van der Waals surface area contributed by atoms with Crippen molar-refractivity contribution in [2.24, 2.45) is 4.99 Å². The van der Waals surface area contributed by atoms with Crippen molar-refractivity contribution in [3.05, 3.63) is 65.2 Å². The monoisotopic (exact) mass is 550 g/mol. The molecule has 0 saturated carbocycles. The van der Waals surface area contributed by atoms with Gasteiger partial charge in [0.25, 0.3) is 5.91 Å². The Bertz CT molecular complexity index is 858. The summed E-state index contributed by atoms with van der Waals surface area (Å²) in [4.78, 5) is 16.1. The van der Waals surface area contributed by atoms with Gasteiger partial charge in [0.1, 0.15) is 5.75 Å². The van der Waals surface area contributed by atoms with Gasteiger partial charge >= 0.3 is 6.18 Å². The van der Waals surface area contributed by atoms with Crippen LogP contribution in [0.5, 0.6) is 5.75 Å². The summed E-state index contributed by atoms with van der Waals surface area (Å²) in [6, 6.07) is 13.6. The minimum absolute atomic E-state index is 0. The standard InChI is InChI=1S/C21H25F3N4O2.HI/c1-3-26-19(29)17-6-4-5-16(11-17)13-28-20(25-2)27-12-15-7-9-18(10-8-15)30-14-21(22,23)24;/h4-11H,3,12-14H2,1-2H3,(H,26,29)(H2,25,27,28);1H. The Morgan fingerprint density at radius 1 is 1.00 bits per heavy atom. The molecule has 2 aromatic rings. The van der Waals surface area contributed by atoms with Gasteiger partial charge in [-0.3, -0.25) is 9.79 Å². The smallest absolute Gasteiger partial charge is 0.422 e. The number of amides is 1.